The van der Waals surface area contributed by atoms with Crippen LogP contribution < -0.4 is 19.7 Å². The van der Waals surface area contributed by atoms with Gasteiger partial charge in [-0.25, -0.2) is 26.7 Å². The molecule has 0 aliphatic rings. The fourth-order valence-corrected chi connectivity index (χ4v) is 4.42. The van der Waals surface area contributed by atoms with Crippen molar-refractivity contribution in [3.63, 3.8) is 0 Å². The van der Waals surface area contributed by atoms with Crippen LogP contribution in [0, 0.1) is 11.6 Å². The maximum atomic E-state index is 14.1. The molecule has 4 rings (SSSR count). The van der Waals surface area contributed by atoms with E-state index in [1.807, 2.05) is 18.2 Å². The highest BCUT2D eigenvalue weighted by atomic mass is 32.2. The average molecular weight is 524 g/mol. The lowest BCUT2D eigenvalue weighted by Crippen LogP contribution is -2.41. The van der Waals surface area contributed by atoms with Crippen molar-refractivity contribution in [2.75, 3.05) is 23.3 Å². The number of para-hydroxylation sites is 2. The summed E-state index contributed by atoms with van der Waals surface area (Å²) in [5.74, 6) is -0.00456. The summed E-state index contributed by atoms with van der Waals surface area (Å²) in [4.78, 5) is 14.3. The molecule has 0 heterocycles. The average Bonchev–Trinajstić information content (AvgIpc) is 2.89. The molecule has 0 aliphatic carbocycles. The van der Waals surface area contributed by atoms with E-state index < -0.39 is 27.7 Å². The zero-order valence-corrected chi connectivity index (χ0v) is 20.3. The van der Waals surface area contributed by atoms with E-state index in [0.717, 1.165) is 24.3 Å². The fraction of sp³-hybridized carbons (Fsp3) is 0.0741. The summed E-state index contributed by atoms with van der Waals surface area (Å²) in [6.07, 6.45) is 0. The highest BCUT2D eigenvalue weighted by Crippen LogP contribution is 2.25. The van der Waals surface area contributed by atoms with E-state index in [-0.39, 0.29) is 23.7 Å². The molecule has 0 aromatic heterocycles. The van der Waals surface area contributed by atoms with Gasteiger partial charge in [-0.1, -0.05) is 30.3 Å². The number of amides is 2. The van der Waals surface area contributed by atoms with Gasteiger partial charge in [0.2, 0.25) is 10.0 Å². The summed E-state index contributed by atoms with van der Waals surface area (Å²) in [5.41, 5.74) is 0.406. The van der Waals surface area contributed by atoms with Crippen molar-refractivity contribution in [3.8, 4) is 11.5 Å². The number of anilines is 2. The number of carbonyl (C=O) groups excluding carboxylic acids is 1. The van der Waals surface area contributed by atoms with Crippen LogP contribution in [-0.4, -0.2) is 27.5 Å². The first-order valence-electron chi connectivity index (χ1n) is 11.2. The minimum Gasteiger partial charge on any atom is -0.457 e. The zero-order chi connectivity index (χ0) is 26.3. The summed E-state index contributed by atoms with van der Waals surface area (Å²) < 4.78 is 60.6. The Morgan fingerprint density at radius 2 is 1.41 bits per heavy atom. The second-order valence-electron chi connectivity index (χ2n) is 7.82. The number of nitrogens with one attached hydrogen (secondary N) is 2. The molecule has 0 spiro atoms. The molecule has 190 valence electrons. The molecule has 2 amide bonds. The molecular formula is C27H23F2N3O4S. The van der Waals surface area contributed by atoms with E-state index in [4.69, 9.17) is 4.74 Å². The van der Waals surface area contributed by atoms with Crippen LogP contribution in [0.5, 0.6) is 11.5 Å². The van der Waals surface area contributed by atoms with E-state index in [9.17, 15) is 22.0 Å². The largest absolute Gasteiger partial charge is 0.457 e. The van der Waals surface area contributed by atoms with Gasteiger partial charge in [0.15, 0.2) is 0 Å². The van der Waals surface area contributed by atoms with Crippen LogP contribution >= 0.6 is 0 Å². The van der Waals surface area contributed by atoms with Crippen molar-refractivity contribution in [3.05, 3.63) is 115 Å². The van der Waals surface area contributed by atoms with Gasteiger partial charge >= 0.3 is 6.03 Å². The highest BCUT2D eigenvalue weighted by Gasteiger charge is 2.20. The van der Waals surface area contributed by atoms with Crippen molar-refractivity contribution in [2.45, 2.75) is 4.90 Å². The van der Waals surface area contributed by atoms with Crippen molar-refractivity contribution in [1.29, 1.82) is 0 Å². The van der Waals surface area contributed by atoms with Gasteiger partial charge in [-0.15, -0.1) is 0 Å². The number of carbonyl (C=O) groups is 1. The lowest BCUT2D eigenvalue weighted by Gasteiger charge is -2.24. The number of halogens is 2. The van der Waals surface area contributed by atoms with E-state index >= 15 is 0 Å². The second-order valence-corrected chi connectivity index (χ2v) is 9.59. The van der Waals surface area contributed by atoms with Gasteiger partial charge in [-0.2, -0.15) is 0 Å². The molecule has 0 bridgehead atoms. The van der Waals surface area contributed by atoms with Gasteiger partial charge in [0, 0.05) is 18.8 Å². The molecule has 0 saturated carbocycles. The number of rotatable bonds is 9. The third-order valence-electron chi connectivity index (χ3n) is 5.24. The Balaban J connectivity index is 1.51. The lowest BCUT2D eigenvalue weighted by atomic mass is 10.2. The van der Waals surface area contributed by atoms with Crippen LogP contribution in [0.3, 0.4) is 0 Å². The fourth-order valence-electron chi connectivity index (χ4n) is 3.40. The Kier molecular flexibility index (Phi) is 8.11. The third kappa shape index (κ3) is 6.90. The molecule has 10 heteroatoms. The van der Waals surface area contributed by atoms with Crippen molar-refractivity contribution < 1.29 is 26.7 Å². The van der Waals surface area contributed by atoms with Crippen molar-refractivity contribution in [1.82, 2.24) is 4.72 Å². The Hall–Kier alpha value is -4.28. The van der Waals surface area contributed by atoms with Crippen LogP contribution in [0.15, 0.2) is 108 Å². The number of hydrogen-bond acceptors (Lipinski definition) is 4. The quantitative estimate of drug-likeness (QED) is 0.291. The third-order valence-corrected chi connectivity index (χ3v) is 6.72. The summed E-state index contributed by atoms with van der Waals surface area (Å²) >= 11 is 0. The van der Waals surface area contributed by atoms with Gasteiger partial charge in [0.25, 0.3) is 0 Å². The minimum atomic E-state index is -3.94. The van der Waals surface area contributed by atoms with Gasteiger partial charge < -0.3 is 10.1 Å². The summed E-state index contributed by atoms with van der Waals surface area (Å²) in [6, 6.07) is 25.2. The normalized spacial score (nSPS) is 11.1. The molecule has 0 unspecified atom stereocenters. The summed E-state index contributed by atoms with van der Waals surface area (Å²) in [7, 11) is -3.94. The lowest BCUT2D eigenvalue weighted by molar-refractivity contribution is 0.257. The van der Waals surface area contributed by atoms with E-state index in [1.165, 1.54) is 23.1 Å². The Labute approximate surface area is 213 Å². The standard InChI is InChI=1S/C27H23F2N3O4S/c28-20-10-16-24(17-11-20)37(34,35)30-18-19-32(27(33)31-26-9-5-4-8-25(26)29)21-12-14-23(15-13-21)36-22-6-2-1-3-7-22/h1-17,30H,18-19H2,(H,31,33). The maximum Gasteiger partial charge on any atom is 0.326 e. The highest BCUT2D eigenvalue weighted by molar-refractivity contribution is 7.89. The predicted molar refractivity (Wildman–Crippen MR) is 137 cm³/mol. The first-order valence-corrected chi connectivity index (χ1v) is 12.7. The zero-order valence-electron chi connectivity index (χ0n) is 19.5. The number of benzene rings is 4. The van der Waals surface area contributed by atoms with Gasteiger partial charge in [-0.3, -0.25) is 4.90 Å². The number of urea groups is 1. The maximum absolute atomic E-state index is 14.1. The topological polar surface area (TPSA) is 87.7 Å². The molecule has 4 aromatic rings. The smallest absolute Gasteiger partial charge is 0.326 e. The monoisotopic (exact) mass is 523 g/mol. The van der Waals surface area contributed by atoms with Crippen LogP contribution in [0.2, 0.25) is 0 Å². The number of nitrogens with zero attached hydrogens (tertiary/aromatic N) is 1. The van der Waals surface area contributed by atoms with Crippen LogP contribution in [0.1, 0.15) is 0 Å². The van der Waals surface area contributed by atoms with Crippen LogP contribution in [-0.2, 0) is 10.0 Å². The van der Waals surface area contributed by atoms with E-state index in [1.54, 1.807) is 42.5 Å². The van der Waals surface area contributed by atoms with E-state index in [0.29, 0.717) is 17.2 Å². The predicted octanol–water partition coefficient (Wildman–Crippen LogP) is 5.77. The van der Waals surface area contributed by atoms with E-state index in [2.05, 4.69) is 10.0 Å². The van der Waals surface area contributed by atoms with Crippen molar-refractivity contribution in [2.24, 2.45) is 0 Å². The molecular weight excluding hydrogens is 500 g/mol. The summed E-state index contributed by atoms with van der Waals surface area (Å²) in [6.45, 7) is -0.244. The molecule has 0 atom stereocenters. The Bertz CT molecular complexity index is 1450. The number of hydrogen-bond donors (Lipinski definition) is 2. The molecule has 4 aromatic carbocycles. The molecule has 37 heavy (non-hydrogen) atoms. The molecule has 0 aliphatic heterocycles. The second kappa shape index (κ2) is 11.6. The SMILES string of the molecule is O=C(Nc1ccccc1F)N(CCNS(=O)(=O)c1ccc(F)cc1)c1ccc(Oc2ccccc2)cc1. The first kappa shape index (κ1) is 25.8. The molecule has 0 radical (unpaired) electrons. The molecule has 0 fully saturated rings. The first-order chi connectivity index (χ1) is 17.8. The number of sulfonamides is 1. The van der Waals surface area contributed by atoms with Crippen LogP contribution in [0.25, 0.3) is 0 Å². The van der Waals surface area contributed by atoms with Gasteiger partial charge in [-0.05, 0) is 72.8 Å². The molecule has 0 saturated heterocycles. The molecule has 2 N–H and O–H groups in total. The minimum absolute atomic E-state index is 0.0200. The van der Waals surface area contributed by atoms with Crippen LogP contribution in [0.4, 0.5) is 25.0 Å². The number of ether oxygens (including phenoxy) is 1. The van der Waals surface area contributed by atoms with Crippen molar-refractivity contribution >= 4 is 27.4 Å². The molecule has 7 nitrogen and oxygen atoms in total. The van der Waals surface area contributed by atoms with Gasteiger partial charge in [0.05, 0.1) is 10.6 Å². The Morgan fingerprint density at radius 1 is 0.784 bits per heavy atom. The summed E-state index contributed by atoms with van der Waals surface area (Å²) in [5, 5.41) is 2.51. The van der Waals surface area contributed by atoms with Gasteiger partial charge in [0.1, 0.15) is 23.1 Å². The Morgan fingerprint density at radius 3 is 2.08 bits per heavy atom.